The highest BCUT2D eigenvalue weighted by Gasteiger charge is 2.11. The Morgan fingerprint density at radius 1 is 0.939 bits per heavy atom. The molecular formula is C27H25N3O3. The number of hydrogen-bond donors (Lipinski definition) is 2. The van der Waals surface area contributed by atoms with Crippen molar-refractivity contribution in [2.45, 2.75) is 20.8 Å². The molecule has 0 bridgehead atoms. The third-order valence-electron chi connectivity index (χ3n) is 5.11. The number of hydrogen-bond acceptors (Lipinski definition) is 4. The van der Waals surface area contributed by atoms with Gasteiger partial charge in [-0.15, -0.1) is 0 Å². The summed E-state index contributed by atoms with van der Waals surface area (Å²) in [4.78, 5) is 24.6. The predicted molar refractivity (Wildman–Crippen MR) is 130 cm³/mol. The number of benzene rings is 3. The molecule has 0 unspecified atom stereocenters. The van der Waals surface area contributed by atoms with Crippen LogP contribution in [0.4, 0.5) is 11.4 Å². The summed E-state index contributed by atoms with van der Waals surface area (Å²) in [7, 11) is 0. The van der Waals surface area contributed by atoms with Gasteiger partial charge in [-0.3, -0.25) is 9.59 Å². The van der Waals surface area contributed by atoms with Gasteiger partial charge in [-0.1, -0.05) is 42.0 Å². The van der Waals surface area contributed by atoms with Crippen molar-refractivity contribution in [3.63, 3.8) is 0 Å². The largest absolute Gasteiger partial charge is 0.484 e. The third-order valence-corrected chi connectivity index (χ3v) is 5.11. The molecule has 0 atom stereocenters. The van der Waals surface area contributed by atoms with Crippen LogP contribution in [0.1, 0.15) is 22.3 Å². The van der Waals surface area contributed by atoms with E-state index < -0.39 is 5.91 Å². The minimum Gasteiger partial charge on any atom is -0.484 e. The third kappa shape index (κ3) is 6.55. The van der Waals surface area contributed by atoms with E-state index in [1.807, 2.05) is 63.2 Å². The van der Waals surface area contributed by atoms with Crippen LogP contribution in [0.3, 0.4) is 0 Å². The fourth-order valence-corrected chi connectivity index (χ4v) is 3.03. The quantitative estimate of drug-likeness (QED) is 0.392. The van der Waals surface area contributed by atoms with Gasteiger partial charge in [-0.2, -0.15) is 5.26 Å². The molecule has 0 aliphatic heterocycles. The average molecular weight is 440 g/mol. The second-order valence-electron chi connectivity index (χ2n) is 7.64. The van der Waals surface area contributed by atoms with Gasteiger partial charge in [0.2, 0.25) is 0 Å². The zero-order chi connectivity index (χ0) is 23.8. The van der Waals surface area contributed by atoms with E-state index in [0.29, 0.717) is 22.7 Å². The number of carbonyl (C=O) groups is 2. The van der Waals surface area contributed by atoms with E-state index in [1.54, 1.807) is 30.3 Å². The molecule has 33 heavy (non-hydrogen) atoms. The Balaban J connectivity index is 1.59. The van der Waals surface area contributed by atoms with Crippen molar-refractivity contribution in [1.82, 2.24) is 0 Å². The molecule has 2 amide bonds. The minimum absolute atomic E-state index is 0.0120. The Bertz CT molecular complexity index is 1220. The summed E-state index contributed by atoms with van der Waals surface area (Å²) in [5.41, 5.74) is 5.16. The van der Waals surface area contributed by atoms with Gasteiger partial charge in [0.05, 0.1) is 0 Å². The Kier molecular flexibility index (Phi) is 7.61. The first kappa shape index (κ1) is 23.3. The van der Waals surface area contributed by atoms with Crippen molar-refractivity contribution in [3.8, 4) is 11.8 Å². The van der Waals surface area contributed by atoms with Crippen molar-refractivity contribution in [1.29, 1.82) is 5.26 Å². The van der Waals surface area contributed by atoms with Crippen molar-refractivity contribution in [3.05, 3.63) is 94.6 Å². The lowest BCUT2D eigenvalue weighted by atomic mass is 10.1. The van der Waals surface area contributed by atoms with Crippen molar-refractivity contribution >= 4 is 29.3 Å². The van der Waals surface area contributed by atoms with Crippen molar-refractivity contribution in [2.24, 2.45) is 0 Å². The number of nitrogens with zero attached hydrogens (tertiary/aromatic N) is 1. The molecule has 0 aliphatic carbocycles. The first-order chi connectivity index (χ1) is 15.9. The summed E-state index contributed by atoms with van der Waals surface area (Å²) >= 11 is 0. The van der Waals surface area contributed by atoms with Gasteiger partial charge in [0.1, 0.15) is 17.4 Å². The zero-order valence-corrected chi connectivity index (χ0v) is 18.8. The van der Waals surface area contributed by atoms with E-state index >= 15 is 0 Å². The van der Waals surface area contributed by atoms with Crippen LogP contribution in [-0.4, -0.2) is 18.4 Å². The molecule has 166 valence electrons. The molecule has 0 aliphatic rings. The smallest absolute Gasteiger partial charge is 0.266 e. The summed E-state index contributed by atoms with van der Waals surface area (Å²) in [6.07, 6.45) is 1.51. The van der Waals surface area contributed by atoms with E-state index in [2.05, 4.69) is 10.6 Å². The summed E-state index contributed by atoms with van der Waals surface area (Å²) in [6.45, 7) is 5.72. The monoisotopic (exact) mass is 439 g/mol. The molecule has 6 heteroatoms. The van der Waals surface area contributed by atoms with Gasteiger partial charge in [0, 0.05) is 11.4 Å². The van der Waals surface area contributed by atoms with Crippen LogP contribution in [-0.2, 0) is 9.59 Å². The molecule has 0 heterocycles. The van der Waals surface area contributed by atoms with E-state index in [1.165, 1.54) is 6.08 Å². The lowest BCUT2D eigenvalue weighted by Gasteiger charge is -2.10. The fraction of sp³-hybridized carbons (Fsp3) is 0.148. The van der Waals surface area contributed by atoms with E-state index in [0.717, 1.165) is 16.7 Å². The number of nitriles is 1. The highest BCUT2D eigenvalue weighted by molar-refractivity contribution is 6.10. The Morgan fingerprint density at radius 3 is 2.30 bits per heavy atom. The SMILES string of the molecule is Cc1ccc(NC(=O)COc2ccc(/C=C(\C#N)C(=O)Nc3cccc(C)c3C)cc2)cc1. The van der Waals surface area contributed by atoms with Crippen LogP contribution in [0.25, 0.3) is 6.08 Å². The van der Waals surface area contributed by atoms with E-state index in [-0.39, 0.29) is 18.1 Å². The Labute approximate surface area is 193 Å². The molecule has 2 N–H and O–H groups in total. The number of aryl methyl sites for hydroxylation is 2. The maximum Gasteiger partial charge on any atom is 0.266 e. The van der Waals surface area contributed by atoms with Crippen LogP contribution in [0.5, 0.6) is 5.75 Å². The Hall–Kier alpha value is -4.37. The number of ether oxygens (including phenoxy) is 1. The standard InChI is InChI=1S/C27H25N3O3/c1-18-7-11-23(12-8-18)29-26(31)17-33-24-13-9-21(10-14-24)15-22(16-28)27(32)30-25-6-4-5-19(2)20(25)3/h4-15H,17H2,1-3H3,(H,29,31)(H,30,32)/b22-15+. The van der Waals surface area contributed by atoms with Crippen LogP contribution in [0.15, 0.2) is 72.3 Å². The van der Waals surface area contributed by atoms with Crippen molar-refractivity contribution in [2.75, 3.05) is 17.2 Å². The molecule has 0 fully saturated rings. The van der Waals surface area contributed by atoms with Crippen LogP contribution in [0, 0.1) is 32.1 Å². The topological polar surface area (TPSA) is 91.2 Å². The van der Waals surface area contributed by atoms with E-state index in [9.17, 15) is 14.9 Å². The fourth-order valence-electron chi connectivity index (χ4n) is 3.03. The highest BCUT2D eigenvalue weighted by atomic mass is 16.5. The van der Waals surface area contributed by atoms with Crippen LogP contribution < -0.4 is 15.4 Å². The summed E-state index contributed by atoms with van der Waals surface area (Å²) < 4.78 is 5.52. The molecule has 0 spiro atoms. The molecule has 0 aromatic heterocycles. The lowest BCUT2D eigenvalue weighted by molar-refractivity contribution is -0.118. The Morgan fingerprint density at radius 2 is 1.64 bits per heavy atom. The average Bonchev–Trinajstić information content (AvgIpc) is 2.81. The molecule has 3 aromatic carbocycles. The highest BCUT2D eigenvalue weighted by Crippen LogP contribution is 2.20. The number of carbonyl (C=O) groups excluding carboxylic acids is 2. The molecule has 6 nitrogen and oxygen atoms in total. The van der Waals surface area contributed by atoms with Gasteiger partial charge < -0.3 is 15.4 Å². The summed E-state index contributed by atoms with van der Waals surface area (Å²) in [5, 5.41) is 15.0. The van der Waals surface area contributed by atoms with Gasteiger partial charge in [-0.05, 0) is 73.9 Å². The van der Waals surface area contributed by atoms with Gasteiger partial charge in [-0.25, -0.2) is 0 Å². The molecule has 3 rings (SSSR count). The second kappa shape index (κ2) is 10.8. The number of anilines is 2. The van der Waals surface area contributed by atoms with Crippen LogP contribution >= 0.6 is 0 Å². The second-order valence-corrected chi connectivity index (χ2v) is 7.64. The van der Waals surface area contributed by atoms with Crippen LogP contribution in [0.2, 0.25) is 0 Å². The molecule has 0 saturated carbocycles. The number of nitrogens with one attached hydrogen (secondary N) is 2. The summed E-state index contributed by atoms with van der Waals surface area (Å²) in [6, 6.07) is 21.9. The first-order valence-corrected chi connectivity index (χ1v) is 10.4. The van der Waals surface area contributed by atoms with Gasteiger partial charge >= 0.3 is 0 Å². The lowest BCUT2D eigenvalue weighted by Crippen LogP contribution is -2.20. The molecule has 0 saturated heterocycles. The summed E-state index contributed by atoms with van der Waals surface area (Å²) in [5.74, 6) is -0.235. The normalized spacial score (nSPS) is 10.8. The molecule has 0 radical (unpaired) electrons. The minimum atomic E-state index is -0.473. The van der Waals surface area contributed by atoms with Gasteiger partial charge in [0.15, 0.2) is 6.61 Å². The maximum absolute atomic E-state index is 12.6. The van der Waals surface area contributed by atoms with Gasteiger partial charge in [0.25, 0.3) is 11.8 Å². The molecule has 3 aromatic rings. The zero-order valence-electron chi connectivity index (χ0n) is 18.8. The number of amides is 2. The van der Waals surface area contributed by atoms with Crippen molar-refractivity contribution < 1.29 is 14.3 Å². The molecular weight excluding hydrogens is 414 g/mol. The first-order valence-electron chi connectivity index (χ1n) is 10.4. The predicted octanol–water partition coefficient (Wildman–Crippen LogP) is 5.18. The number of rotatable bonds is 7. The maximum atomic E-state index is 12.6. The van der Waals surface area contributed by atoms with E-state index in [4.69, 9.17) is 4.74 Å².